The van der Waals surface area contributed by atoms with Gasteiger partial charge in [-0.05, 0) is 82.3 Å². The highest BCUT2D eigenvalue weighted by Crippen LogP contribution is 2.72. The summed E-state index contributed by atoms with van der Waals surface area (Å²) in [5.41, 5.74) is 1.07. The number of carbonyl (C=O) groups is 2. The van der Waals surface area contributed by atoms with Crippen molar-refractivity contribution in [3.05, 3.63) is 23.2 Å². The molecule has 0 unspecified atom stereocenters. The van der Waals surface area contributed by atoms with Crippen LogP contribution in [0.25, 0.3) is 0 Å². The molecule has 2 amide bonds. The number of nitrogens with zero attached hydrogens (tertiary/aromatic N) is 2. The van der Waals surface area contributed by atoms with Gasteiger partial charge in [0, 0.05) is 11.9 Å². The summed E-state index contributed by atoms with van der Waals surface area (Å²) in [4.78, 5) is 33.3. The summed E-state index contributed by atoms with van der Waals surface area (Å²) in [6, 6.07) is 0. The van der Waals surface area contributed by atoms with E-state index in [1.54, 1.807) is 0 Å². The molecule has 1 aromatic heterocycles. The van der Waals surface area contributed by atoms with Crippen LogP contribution in [0.3, 0.4) is 0 Å². The number of anilines is 1. The SMILES string of the molecule is Cc1csc(NC(=O)[C@H]2[C@H](C(=O)NCCCCN3CCCC3)[C@H]3C=C[C@@H]2C32CC2)n1.Cl. The Labute approximate surface area is 194 Å². The van der Waals surface area contributed by atoms with Crippen molar-refractivity contribution in [3.8, 4) is 0 Å². The first-order valence-electron chi connectivity index (χ1n) is 11.5. The molecule has 2 saturated carbocycles. The lowest BCUT2D eigenvalue weighted by Crippen LogP contribution is -2.42. The molecule has 1 aliphatic heterocycles. The van der Waals surface area contributed by atoms with Gasteiger partial charge in [-0.15, -0.1) is 23.7 Å². The molecule has 4 aliphatic rings. The number of aryl methyl sites for hydroxylation is 1. The highest BCUT2D eigenvalue weighted by Gasteiger charge is 2.69. The van der Waals surface area contributed by atoms with Gasteiger partial charge in [-0.25, -0.2) is 4.98 Å². The van der Waals surface area contributed by atoms with Crippen LogP contribution in [0.4, 0.5) is 5.13 Å². The Hall–Kier alpha value is -1.44. The van der Waals surface area contributed by atoms with Gasteiger partial charge in [0.1, 0.15) is 0 Å². The van der Waals surface area contributed by atoms with Crippen LogP contribution in [-0.2, 0) is 9.59 Å². The van der Waals surface area contributed by atoms with Crippen molar-refractivity contribution in [1.82, 2.24) is 15.2 Å². The number of unbranched alkanes of at least 4 members (excludes halogenated alkanes) is 1. The van der Waals surface area contributed by atoms with E-state index in [0.29, 0.717) is 11.7 Å². The largest absolute Gasteiger partial charge is 0.356 e. The van der Waals surface area contributed by atoms with Gasteiger partial charge < -0.3 is 15.5 Å². The maximum Gasteiger partial charge on any atom is 0.230 e. The zero-order chi connectivity index (χ0) is 20.7. The monoisotopic (exact) mass is 464 g/mol. The lowest BCUT2D eigenvalue weighted by Gasteiger charge is -2.26. The molecule has 2 N–H and O–H groups in total. The van der Waals surface area contributed by atoms with Crippen LogP contribution in [0.1, 0.15) is 44.2 Å². The third-order valence-corrected chi connectivity index (χ3v) is 8.57. The van der Waals surface area contributed by atoms with E-state index in [-0.39, 0.29) is 53.3 Å². The molecule has 4 atom stereocenters. The Bertz CT molecular complexity index is 846. The van der Waals surface area contributed by atoms with Crippen molar-refractivity contribution < 1.29 is 9.59 Å². The molecule has 5 rings (SSSR count). The Morgan fingerprint density at radius 2 is 1.81 bits per heavy atom. The molecule has 0 aromatic carbocycles. The predicted molar refractivity (Wildman–Crippen MR) is 125 cm³/mol. The van der Waals surface area contributed by atoms with Crippen LogP contribution in [0.2, 0.25) is 0 Å². The lowest BCUT2D eigenvalue weighted by atomic mass is 9.81. The van der Waals surface area contributed by atoms with Gasteiger partial charge >= 0.3 is 0 Å². The fourth-order valence-corrected chi connectivity index (χ4v) is 6.80. The molecule has 0 radical (unpaired) electrons. The van der Waals surface area contributed by atoms with Gasteiger partial charge in [0.15, 0.2) is 5.13 Å². The topological polar surface area (TPSA) is 74.3 Å². The van der Waals surface area contributed by atoms with Crippen molar-refractivity contribution >= 4 is 40.7 Å². The number of hydrogen-bond donors (Lipinski definition) is 2. The summed E-state index contributed by atoms with van der Waals surface area (Å²) < 4.78 is 0. The van der Waals surface area contributed by atoms with Crippen LogP contribution in [0.15, 0.2) is 17.5 Å². The third kappa shape index (κ3) is 4.29. The number of thiazole rings is 1. The Morgan fingerprint density at radius 3 is 2.42 bits per heavy atom. The second-order valence-corrected chi connectivity index (χ2v) is 10.4. The molecule has 3 aliphatic carbocycles. The first-order valence-corrected chi connectivity index (χ1v) is 12.4. The third-order valence-electron chi connectivity index (χ3n) is 7.70. The number of aromatic nitrogens is 1. The molecule has 1 saturated heterocycles. The van der Waals surface area contributed by atoms with E-state index in [0.717, 1.165) is 37.9 Å². The van der Waals surface area contributed by atoms with Gasteiger partial charge in [-0.1, -0.05) is 12.2 Å². The van der Waals surface area contributed by atoms with Gasteiger partial charge in [0.25, 0.3) is 0 Å². The first kappa shape index (κ1) is 22.7. The van der Waals surface area contributed by atoms with Gasteiger partial charge in [-0.2, -0.15) is 0 Å². The minimum absolute atomic E-state index is 0. The highest BCUT2D eigenvalue weighted by molar-refractivity contribution is 7.13. The van der Waals surface area contributed by atoms with Crippen LogP contribution >= 0.6 is 23.7 Å². The van der Waals surface area contributed by atoms with E-state index in [1.165, 1.54) is 37.3 Å². The second-order valence-electron chi connectivity index (χ2n) is 9.55. The number of nitrogens with one attached hydrogen (secondary N) is 2. The number of hydrogen-bond acceptors (Lipinski definition) is 5. The van der Waals surface area contributed by atoms with E-state index in [4.69, 9.17) is 0 Å². The number of carbonyl (C=O) groups excluding carboxylic acids is 2. The molecular formula is C23H33ClN4O2S. The molecule has 1 spiro atoms. The zero-order valence-corrected chi connectivity index (χ0v) is 19.8. The van der Waals surface area contributed by atoms with Crippen molar-refractivity contribution in [3.63, 3.8) is 0 Å². The Kier molecular flexibility index (Phi) is 6.75. The normalized spacial score (nSPS) is 29.8. The summed E-state index contributed by atoms with van der Waals surface area (Å²) in [6.07, 6.45) is 11.4. The zero-order valence-electron chi connectivity index (χ0n) is 18.1. The van der Waals surface area contributed by atoms with Crippen LogP contribution in [-0.4, -0.2) is 47.9 Å². The highest BCUT2D eigenvalue weighted by atomic mass is 35.5. The fourth-order valence-electron chi connectivity index (χ4n) is 6.11. The van der Waals surface area contributed by atoms with Crippen molar-refractivity contribution in [2.75, 3.05) is 31.5 Å². The molecule has 2 bridgehead atoms. The van der Waals surface area contributed by atoms with E-state index >= 15 is 0 Å². The average Bonchev–Trinajstić information content (AvgIpc) is 3.02. The number of halogens is 1. The number of amides is 2. The molecule has 1 aromatic rings. The fraction of sp³-hybridized carbons (Fsp3) is 0.696. The summed E-state index contributed by atoms with van der Waals surface area (Å²) in [6.45, 7) is 6.21. The first-order chi connectivity index (χ1) is 14.6. The van der Waals surface area contributed by atoms with Crippen LogP contribution < -0.4 is 10.6 Å². The Balaban J connectivity index is 0.00000231. The number of allylic oxidation sites excluding steroid dienone is 2. The standard InChI is InChI=1S/C23H32N4O2S.ClH/c1-15-14-30-22(25-15)26-21(29)19-17-7-6-16(23(17)8-9-23)18(19)20(28)24-10-2-3-11-27-12-4-5-13-27;/h6-7,14,16-19H,2-5,8-13H2,1H3,(H,24,28)(H,25,26,29);1H/t16-,17+,18-,19-;/m1./s1. The van der Waals surface area contributed by atoms with Gasteiger partial charge in [0.05, 0.1) is 17.5 Å². The van der Waals surface area contributed by atoms with Gasteiger partial charge in [-0.3, -0.25) is 9.59 Å². The van der Waals surface area contributed by atoms with E-state index < -0.39 is 0 Å². The minimum atomic E-state index is -0.281. The summed E-state index contributed by atoms with van der Waals surface area (Å²) >= 11 is 1.45. The molecule has 6 nitrogen and oxygen atoms in total. The average molecular weight is 465 g/mol. The number of likely N-dealkylation sites (tertiary alicyclic amines) is 1. The molecular weight excluding hydrogens is 432 g/mol. The smallest absolute Gasteiger partial charge is 0.230 e. The predicted octanol–water partition coefficient (Wildman–Crippen LogP) is 3.63. The van der Waals surface area contributed by atoms with Gasteiger partial charge in [0.2, 0.25) is 11.8 Å². The summed E-state index contributed by atoms with van der Waals surface area (Å²) in [5, 5.41) is 8.74. The van der Waals surface area contributed by atoms with E-state index in [1.807, 2.05) is 12.3 Å². The van der Waals surface area contributed by atoms with Crippen LogP contribution in [0, 0.1) is 36.0 Å². The maximum absolute atomic E-state index is 13.2. The molecule has 3 fully saturated rings. The molecule has 2 heterocycles. The summed E-state index contributed by atoms with van der Waals surface area (Å²) in [5.74, 6) is -0.106. The Morgan fingerprint density at radius 1 is 1.13 bits per heavy atom. The molecule has 170 valence electrons. The number of rotatable bonds is 8. The lowest BCUT2D eigenvalue weighted by molar-refractivity contribution is -0.132. The summed E-state index contributed by atoms with van der Waals surface area (Å²) in [7, 11) is 0. The van der Waals surface area contributed by atoms with Crippen molar-refractivity contribution in [1.29, 1.82) is 0 Å². The maximum atomic E-state index is 13.2. The minimum Gasteiger partial charge on any atom is -0.356 e. The van der Waals surface area contributed by atoms with E-state index in [9.17, 15) is 9.59 Å². The van der Waals surface area contributed by atoms with E-state index in [2.05, 4.69) is 32.7 Å². The van der Waals surface area contributed by atoms with Crippen molar-refractivity contribution in [2.45, 2.75) is 45.4 Å². The molecule has 31 heavy (non-hydrogen) atoms. The second kappa shape index (κ2) is 9.20. The van der Waals surface area contributed by atoms with Crippen molar-refractivity contribution in [2.24, 2.45) is 29.1 Å². The quantitative estimate of drug-likeness (QED) is 0.455. The van der Waals surface area contributed by atoms with Crippen LogP contribution in [0.5, 0.6) is 0 Å². The molecule has 8 heteroatoms.